The predicted molar refractivity (Wildman–Crippen MR) is 79.6 cm³/mol. The van der Waals surface area contributed by atoms with Gasteiger partial charge in [-0.25, -0.2) is 4.79 Å². The molecular weight excluding hydrogens is 266 g/mol. The van der Waals surface area contributed by atoms with Gasteiger partial charge in [0, 0.05) is 12.1 Å². The zero-order valence-corrected chi connectivity index (χ0v) is 11.6. The summed E-state index contributed by atoms with van der Waals surface area (Å²) in [6.07, 6.45) is 1.00. The van der Waals surface area contributed by atoms with Crippen LogP contribution in [0, 0.1) is 0 Å². The van der Waals surface area contributed by atoms with Crippen molar-refractivity contribution in [2.75, 3.05) is 13.2 Å². The molecule has 0 radical (unpaired) electrons. The van der Waals surface area contributed by atoms with Crippen LogP contribution in [0.5, 0.6) is 5.75 Å². The summed E-state index contributed by atoms with van der Waals surface area (Å²) in [5.74, 6) is -0.351. The molecule has 1 heterocycles. The van der Waals surface area contributed by atoms with Crippen molar-refractivity contribution in [1.82, 2.24) is 5.32 Å². The molecule has 4 nitrogen and oxygen atoms in total. The Morgan fingerprint density at radius 1 is 1.14 bits per heavy atom. The highest BCUT2D eigenvalue weighted by Crippen LogP contribution is 2.33. The van der Waals surface area contributed by atoms with Crippen LogP contribution in [-0.2, 0) is 11.2 Å². The van der Waals surface area contributed by atoms with Crippen LogP contribution in [0.25, 0.3) is 0 Å². The minimum Gasteiger partial charge on any atom is -0.482 e. The molecule has 0 spiro atoms. The second-order valence-electron chi connectivity index (χ2n) is 5.06. The molecule has 1 aliphatic rings. The average Bonchev–Trinajstić information content (AvgIpc) is 2.53. The number of carbonyl (C=O) groups is 1. The molecule has 0 aromatic heterocycles. The van der Waals surface area contributed by atoms with Gasteiger partial charge in [0.2, 0.25) is 0 Å². The Hall–Kier alpha value is -2.33. The topological polar surface area (TPSA) is 58.6 Å². The summed E-state index contributed by atoms with van der Waals surface area (Å²) >= 11 is 0. The summed E-state index contributed by atoms with van der Waals surface area (Å²) in [4.78, 5) is 10.7. The Bertz CT molecular complexity index is 654. The fourth-order valence-electron chi connectivity index (χ4n) is 2.77. The second kappa shape index (κ2) is 5.97. The number of hydrogen-bond acceptors (Lipinski definition) is 3. The smallest absolute Gasteiger partial charge is 0.341 e. The van der Waals surface area contributed by atoms with Crippen molar-refractivity contribution in [3.05, 3.63) is 65.2 Å². The molecule has 0 bridgehead atoms. The Labute approximate surface area is 123 Å². The van der Waals surface area contributed by atoms with E-state index in [-0.39, 0.29) is 12.6 Å². The number of aliphatic carboxylic acids is 1. The van der Waals surface area contributed by atoms with Crippen molar-refractivity contribution in [3.63, 3.8) is 0 Å². The van der Waals surface area contributed by atoms with Gasteiger partial charge in [0.1, 0.15) is 5.75 Å². The lowest BCUT2D eigenvalue weighted by atomic mass is 9.89. The van der Waals surface area contributed by atoms with Gasteiger partial charge in [-0.1, -0.05) is 42.5 Å². The van der Waals surface area contributed by atoms with E-state index in [4.69, 9.17) is 9.84 Å². The fourth-order valence-corrected chi connectivity index (χ4v) is 2.77. The third kappa shape index (κ3) is 2.90. The summed E-state index contributed by atoms with van der Waals surface area (Å²) in [5, 5.41) is 12.3. The van der Waals surface area contributed by atoms with E-state index in [2.05, 4.69) is 17.4 Å². The monoisotopic (exact) mass is 283 g/mol. The van der Waals surface area contributed by atoms with E-state index in [0.29, 0.717) is 5.75 Å². The maximum Gasteiger partial charge on any atom is 0.341 e. The van der Waals surface area contributed by atoms with Crippen molar-refractivity contribution in [1.29, 1.82) is 0 Å². The molecule has 1 unspecified atom stereocenters. The van der Waals surface area contributed by atoms with Gasteiger partial charge in [-0.3, -0.25) is 0 Å². The number of hydrogen-bond donors (Lipinski definition) is 2. The number of carboxylic acid groups (broad SMARTS) is 1. The van der Waals surface area contributed by atoms with Crippen molar-refractivity contribution >= 4 is 5.97 Å². The minimum atomic E-state index is -0.971. The van der Waals surface area contributed by atoms with E-state index in [9.17, 15) is 4.79 Å². The molecule has 0 saturated heterocycles. The van der Waals surface area contributed by atoms with Crippen LogP contribution >= 0.6 is 0 Å². The maximum absolute atomic E-state index is 10.7. The quantitative estimate of drug-likeness (QED) is 0.904. The van der Waals surface area contributed by atoms with Gasteiger partial charge in [-0.15, -0.1) is 0 Å². The first-order chi connectivity index (χ1) is 10.3. The summed E-state index contributed by atoms with van der Waals surface area (Å²) in [7, 11) is 0. The molecule has 0 fully saturated rings. The molecule has 1 atom stereocenters. The Balaban J connectivity index is 1.96. The molecule has 0 saturated carbocycles. The lowest BCUT2D eigenvalue weighted by Gasteiger charge is -2.28. The van der Waals surface area contributed by atoms with Gasteiger partial charge >= 0.3 is 5.97 Å². The number of fused-ring (bicyclic) bond motifs is 1. The summed E-state index contributed by atoms with van der Waals surface area (Å²) in [6, 6.07) is 16.0. The first kappa shape index (κ1) is 13.6. The van der Waals surface area contributed by atoms with E-state index in [0.717, 1.165) is 18.5 Å². The van der Waals surface area contributed by atoms with Crippen LogP contribution in [0.2, 0.25) is 0 Å². The molecular formula is C17H17NO3. The molecule has 0 aliphatic carbocycles. The molecule has 0 amide bonds. The third-order valence-electron chi connectivity index (χ3n) is 3.69. The van der Waals surface area contributed by atoms with Gasteiger partial charge < -0.3 is 15.2 Å². The highest BCUT2D eigenvalue weighted by atomic mass is 16.5. The van der Waals surface area contributed by atoms with E-state index in [1.165, 1.54) is 11.1 Å². The Morgan fingerprint density at radius 2 is 1.86 bits per heavy atom. The van der Waals surface area contributed by atoms with Crippen molar-refractivity contribution in [2.45, 2.75) is 12.5 Å². The number of para-hydroxylation sites is 1. The van der Waals surface area contributed by atoms with Crippen molar-refractivity contribution < 1.29 is 14.6 Å². The number of benzene rings is 2. The summed E-state index contributed by atoms with van der Waals surface area (Å²) in [6.45, 7) is 0.570. The molecule has 108 valence electrons. The van der Waals surface area contributed by atoms with E-state index >= 15 is 0 Å². The maximum atomic E-state index is 10.7. The fraction of sp³-hybridized carbons (Fsp3) is 0.235. The van der Waals surface area contributed by atoms with E-state index in [1.54, 1.807) is 0 Å². The SMILES string of the molecule is O=C(O)COc1ccccc1C1NCCc2ccccc21. The van der Waals surface area contributed by atoms with Gasteiger partial charge in [0.15, 0.2) is 6.61 Å². The molecule has 21 heavy (non-hydrogen) atoms. The number of carboxylic acids is 1. The normalized spacial score (nSPS) is 17.0. The van der Waals surface area contributed by atoms with Crippen molar-refractivity contribution in [2.24, 2.45) is 0 Å². The molecule has 2 N–H and O–H groups in total. The Morgan fingerprint density at radius 3 is 2.67 bits per heavy atom. The highest BCUT2D eigenvalue weighted by Gasteiger charge is 2.23. The average molecular weight is 283 g/mol. The second-order valence-corrected chi connectivity index (χ2v) is 5.06. The number of nitrogens with one attached hydrogen (secondary N) is 1. The molecule has 2 aromatic rings. The molecule has 3 rings (SSSR count). The zero-order valence-electron chi connectivity index (χ0n) is 11.6. The van der Waals surface area contributed by atoms with Gasteiger partial charge in [-0.05, 0) is 23.6 Å². The van der Waals surface area contributed by atoms with Crippen molar-refractivity contribution in [3.8, 4) is 5.75 Å². The lowest BCUT2D eigenvalue weighted by molar-refractivity contribution is -0.139. The zero-order chi connectivity index (χ0) is 14.7. The molecule has 4 heteroatoms. The highest BCUT2D eigenvalue weighted by molar-refractivity contribution is 5.68. The summed E-state index contributed by atoms with van der Waals surface area (Å²) in [5.41, 5.74) is 3.54. The van der Waals surface area contributed by atoms with E-state index < -0.39 is 5.97 Å². The molecule has 1 aliphatic heterocycles. The first-order valence-corrected chi connectivity index (χ1v) is 7.00. The lowest BCUT2D eigenvalue weighted by Crippen LogP contribution is -2.31. The number of rotatable bonds is 4. The van der Waals surface area contributed by atoms with Gasteiger partial charge in [0.25, 0.3) is 0 Å². The number of ether oxygens (including phenoxy) is 1. The van der Waals surface area contributed by atoms with Crippen LogP contribution in [0.15, 0.2) is 48.5 Å². The third-order valence-corrected chi connectivity index (χ3v) is 3.69. The van der Waals surface area contributed by atoms with Crippen LogP contribution in [0.3, 0.4) is 0 Å². The minimum absolute atomic E-state index is 0.0416. The standard InChI is InChI=1S/C17H17NO3/c19-16(20)11-21-15-8-4-3-7-14(15)17-13-6-2-1-5-12(13)9-10-18-17/h1-8,17-18H,9-11H2,(H,19,20). The first-order valence-electron chi connectivity index (χ1n) is 7.00. The summed E-state index contributed by atoms with van der Waals surface area (Å²) < 4.78 is 5.43. The van der Waals surface area contributed by atoms with Gasteiger partial charge in [-0.2, -0.15) is 0 Å². The van der Waals surface area contributed by atoms with E-state index in [1.807, 2.05) is 36.4 Å². The van der Waals surface area contributed by atoms with Gasteiger partial charge in [0.05, 0.1) is 6.04 Å². The van der Waals surface area contributed by atoms with Crippen LogP contribution in [0.4, 0.5) is 0 Å². The molecule has 2 aromatic carbocycles. The Kier molecular flexibility index (Phi) is 3.88. The predicted octanol–water partition coefficient (Wildman–Crippen LogP) is 2.39. The van der Waals surface area contributed by atoms with Crippen LogP contribution < -0.4 is 10.1 Å². The van der Waals surface area contributed by atoms with Crippen LogP contribution in [-0.4, -0.2) is 24.2 Å². The van der Waals surface area contributed by atoms with Crippen LogP contribution in [0.1, 0.15) is 22.7 Å². The largest absolute Gasteiger partial charge is 0.482 e.